The number of fused-ring (bicyclic) bond motifs is 1. The molecule has 3 rings (SSSR count). The highest BCUT2D eigenvalue weighted by molar-refractivity contribution is 9.10. The van der Waals surface area contributed by atoms with E-state index in [1.165, 1.54) is 0 Å². The monoisotopic (exact) mass is 386 g/mol. The first-order valence-corrected chi connectivity index (χ1v) is 7.70. The lowest BCUT2D eigenvalue weighted by molar-refractivity contribution is 0.103. The van der Waals surface area contributed by atoms with Crippen LogP contribution in [-0.2, 0) is 0 Å². The Morgan fingerprint density at radius 3 is 2.43 bits per heavy atom. The first kappa shape index (κ1) is 14.7. The summed E-state index contributed by atoms with van der Waals surface area (Å²) in [5.74, 6) is 0.930. The molecule has 0 atom stereocenters. The number of hydrogen-bond donors (Lipinski definition) is 0. The smallest absolute Gasteiger partial charge is 0.195 e. The summed E-state index contributed by atoms with van der Waals surface area (Å²) in [7, 11) is 0. The standard InChI is InChI=1S/C15H9BrCl2O3/c16-10-7-13-12(20-4-5-21-13)6-9(10)15(19)8-2-1-3-11(17)14(8)18/h1-3,6-7H,4-5H2. The van der Waals surface area contributed by atoms with Crippen LogP contribution in [0.15, 0.2) is 34.8 Å². The summed E-state index contributed by atoms with van der Waals surface area (Å²) in [6.07, 6.45) is 0. The van der Waals surface area contributed by atoms with Crippen LogP contribution < -0.4 is 9.47 Å². The zero-order valence-electron chi connectivity index (χ0n) is 10.7. The van der Waals surface area contributed by atoms with Crippen LogP contribution in [0.1, 0.15) is 15.9 Å². The van der Waals surface area contributed by atoms with Gasteiger partial charge in [-0.15, -0.1) is 0 Å². The molecule has 0 N–H and O–H groups in total. The lowest BCUT2D eigenvalue weighted by Gasteiger charge is -2.19. The van der Waals surface area contributed by atoms with Gasteiger partial charge in [0.25, 0.3) is 0 Å². The normalized spacial score (nSPS) is 13.1. The molecule has 0 radical (unpaired) electrons. The van der Waals surface area contributed by atoms with E-state index in [4.69, 9.17) is 32.7 Å². The highest BCUT2D eigenvalue weighted by Crippen LogP contribution is 2.37. The van der Waals surface area contributed by atoms with Crippen LogP contribution in [0.4, 0.5) is 0 Å². The largest absolute Gasteiger partial charge is 0.486 e. The van der Waals surface area contributed by atoms with Crippen molar-refractivity contribution in [1.82, 2.24) is 0 Å². The topological polar surface area (TPSA) is 35.5 Å². The van der Waals surface area contributed by atoms with E-state index in [-0.39, 0.29) is 10.8 Å². The molecule has 2 aromatic carbocycles. The third kappa shape index (κ3) is 2.76. The molecule has 21 heavy (non-hydrogen) atoms. The van der Waals surface area contributed by atoms with E-state index < -0.39 is 0 Å². The van der Waals surface area contributed by atoms with E-state index in [0.717, 1.165) is 0 Å². The van der Waals surface area contributed by atoms with Crippen molar-refractivity contribution in [3.8, 4) is 11.5 Å². The average molecular weight is 388 g/mol. The lowest BCUT2D eigenvalue weighted by atomic mass is 10.0. The Balaban J connectivity index is 2.07. The summed E-state index contributed by atoms with van der Waals surface area (Å²) in [5, 5.41) is 0.585. The fraction of sp³-hybridized carbons (Fsp3) is 0.133. The van der Waals surface area contributed by atoms with Gasteiger partial charge in [0.1, 0.15) is 13.2 Å². The molecule has 0 bridgehead atoms. The summed E-state index contributed by atoms with van der Waals surface area (Å²) in [4.78, 5) is 12.7. The first-order chi connectivity index (χ1) is 10.1. The fourth-order valence-electron chi connectivity index (χ4n) is 2.06. The molecule has 1 aliphatic heterocycles. The van der Waals surface area contributed by atoms with Gasteiger partial charge in [0.15, 0.2) is 17.3 Å². The summed E-state index contributed by atoms with van der Waals surface area (Å²) in [5.41, 5.74) is 0.796. The molecule has 1 heterocycles. The quantitative estimate of drug-likeness (QED) is 0.697. The van der Waals surface area contributed by atoms with Gasteiger partial charge in [0.2, 0.25) is 0 Å². The van der Waals surface area contributed by atoms with Gasteiger partial charge in [0, 0.05) is 15.6 Å². The summed E-state index contributed by atoms with van der Waals surface area (Å²) in [6.45, 7) is 0.951. The van der Waals surface area contributed by atoms with Gasteiger partial charge in [0.05, 0.1) is 10.0 Å². The van der Waals surface area contributed by atoms with Crippen LogP contribution >= 0.6 is 39.1 Å². The number of halogens is 3. The van der Waals surface area contributed by atoms with Gasteiger partial charge >= 0.3 is 0 Å². The summed E-state index contributed by atoms with van der Waals surface area (Å²) in [6, 6.07) is 8.34. The van der Waals surface area contributed by atoms with E-state index in [1.54, 1.807) is 30.3 Å². The van der Waals surface area contributed by atoms with Gasteiger partial charge in [-0.25, -0.2) is 0 Å². The van der Waals surface area contributed by atoms with Gasteiger partial charge < -0.3 is 9.47 Å². The third-order valence-electron chi connectivity index (χ3n) is 3.07. The average Bonchev–Trinajstić information content (AvgIpc) is 2.48. The lowest BCUT2D eigenvalue weighted by Crippen LogP contribution is -2.16. The maximum atomic E-state index is 12.7. The number of carbonyl (C=O) groups excluding carboxylic acids is 1. The molecule has 0 saturated carbocycles. The van der Waals surface area contributed by atoms with Crippen LogP contribution in [0.5, 0.6) is 11.5 Å². The minimum absolute atomic E-state index is 0.230. The minimum atomic E-state index is -0.230. The van der Waals surface area contributed by atoms with Gasteiger partial charge in [-0.3, -0.25) is 4.79 Å². The molecule has 0 aromatic heterocycles. The number of carbonyl (C=O) groups is 1. The predicted octanol–water partition coefficient (Wildman–Crippen LogP) is 4.76. The number of ketones is 1. The van der Waals surface area contributed by atoms with Crippen LogP contribution in [-0.4, -0.2) is 19.0 Å². The molecule has 0 saturated heterocycles. The van der Waals surface area contributed by atoms with Crippen molar-refractivity contribution < 1.29 is 14.3 Å². The molecule has 3 nitrogen and oxygen atoms in total. The molecule has 0 spiro atoms. The molecule has 0 aliphatic carbocycles. The summed E-state index contributed by atoms with van der Waals surface area (Å²) < 4.78 is 11.6. The number of benzene rings is 2. The number of ether oxygens (including phenoxy) is 2. The number of rotatable bonds is 2. The molecule has 6 heteroatoms. The molecule has 0 fully saturated rings. The Morgan fingerprint density at radius 2 is 1.71 bits per heavy atom. The van der Waals surface area contributed by atoms with Crippen molar-refractivity contribution in [2.75, 3.05) is 13.2 Å². The maximum absolute atomic E-state index is 12.7. The Kier molecular flexibility index (Phi) is 4.11. The van der Waals surface area contributed by atoms with Crippen molar-refractivity contribution in [1.29, 1.82) is 0 Å². The second-order valence-corrected chi connectivity index (χ2v) is 6.05. The van der Waals surface area contributed by atoms with E-state index >= 15 is 0 Å². The molecular formula is C15H9BrCl2O3. The minimum Gasteiger partial charge on any atom is -0.486 e. The Hall–Kier alpha value is -1.23. The van der Waals surface area contributed by atoms with Crippen molar-refractivity contribution in [2.24, 2.45) is 0 Å². The number of hydrogen-bond acceptors (Lipinski definition) is 3. The highest BCUT2D eigenvalue weighted by atomic mass is 79.9. The van der Waals surface area contributed by atoms with Crippen molar-refractivity contribution in [2.45, 2.75) is 0 Å². The first-order valence-electron chi connectivity index (χ1n) is 6.16. The Bertz CT molecular complexity index is 731. The van der Waals surface area contributed by atoms with E-state index in [2.05, 4.69) is 15.9 Å². The van der Waals surface area contributed by atoms with Gasteiger partial charge in [-0.1, -0.05) is 29.3 Å². The van der Waals surface area contributed by atoms with Gasteiger partial charge in [-0.2, -0.15) is 0 Å². The van der Waals surface area contributed by atoms with Crippen molar-refractivity contribution in [3.05, 3.63) is 56.0 Å². The zero-order valence-corrected chi connectivity index (χ0v) is 13.8. The van der Waals surface area contributed by atoms with E-state index in [9.17, 15) is 4.79 Å². The van der Waals surface area contributed by atoms with Crippen LogP contribution in [0.3, 0.4) is 0 Å². The van der Waals surface area contributed by atoms with Crippen LogP contribution in [0.25, 0.3) is 0 Å². The zero-order chi connectivity index (χ0) is 15.0. The Morgan fingerprint density at radius 1 is 1.05 bits per heavy atom. The predicted molar refractivity (Wildman–Crippen MR) is 85.0 cm³/mol. The fourth-order valence-corrected chi connectivity index (χ4v) is 2.95. The van der Waals surface area contributed by atoms with Gasteiger partial charge in [-0.05, 0) is 40.2 Å². The van der Waals surface area contributed by atoms with Crippen molar-refractivity contribution in [3.63, 3.8) is 0 Å². The molecule has 2 aromatic rings. The summed E-state index contributed by atoms with van der Waals surface area (Å²) >= 11 is 15.5. The third-order valence-corrected chi connectivity index (χ3v) is 4.55. The molecule has 0 unspecified atom stereocenters. The maximum Gasteiger partial charge on any atom is 0.195 e. The van der Waals surface area contributed by atoms with Crippen LogP contribution in [0, 0.1) is 0 Å². The Labute approximate surface area is 139 Å². The molecule has 1 aliphatic rings. The SMILES string of the molecule is O=C(c1cc2c(cc1Br)OCCO2)c1cccc(Cl)c1Cl. The van der Waals surface area contributed by atoms with Crippen molar-refractivity contribution >= 4 is 44.9 Å². The molecular weight excluding hydrogens is 379 g/mol. The highest BCUT2D eigenvalue weighted by Gasteiger charge is 2.21. The second-order valence-electron chi connectivity index (χ2n) is 4.41. The van der Waals surface area contributed by atoms with Crippen LogP contribution in [0.2, 0.25) is 10.0 Å². The van der Waals surface area contributed by atoms with E-state index in [1.807, 2.05) is 0 Å². The van der Waals surface area contributed by atoms with E-state index in [0.29, 0.717) is 45.3 Å². The second kappa shape index (κ2) is 5.87. The molecule has 108 valence electrons. The molecule has 0 amide bonds.